The summed E-state index contributed by atoms with van der Waals surface area (Å²) in [4.78, 5) is 4.87. The zero-order valence-electron chi connectivity index (χ0n) is 12.2. The van der Waals surface area contributed by atoms with Crippen LogP contribution in [0.1, 0.15) is 5.56 Å². The van der Waals surface area contributed by atoms with Crippen molar-refractivity contribution in [3.8, 4) is 0 Å². The van der Waals surface area contributed by atoms with Crippen molar-refractivity contribution >= 4 is 33.0 Å². The number of piperazine rings is 1. The predicted octanol–water partition coefficient (Wildman–Crippen LogP) is 3.67. The summed E-state index contributed by atoms with van der Waals surface area (Å²) in [7, 11) is 0. The van der Waals surface area contributed by atoms with E-state index in [9.17, 15) is 0 Å². The van der Waals surface area contributed by atoms with Crippen LogP contribution < -0.4 is 15.5 Å². The van der Waals surface area contributed by atoms with Gasteiger partial charge in [-0.3, -0.25) is 0 Å². The zero-order valence-corrected chi connectivity index (χ0v) is 13.8. The number of rotatable bonds is 2. The lowest BCUT2D eigenvalue weighted by molar-refractivity contribution is 0.652. The Balaban J connectivity index is 1.70. The van der Waals surface area contributed by atoms with Gasteiger partial charge in [0.25, 0.3) is 0 Å². The van der Waals surface area contributed by atoms with E-state index < -0.39 is 0 Å². The molecule has 1 fully saturated rings. The van der Waals surface area contributed by atoms with Gasteiger partial charge < -0.3 is 15.5 Å². The van der Waals surface area contributed by atoms with Crippen LogP contribution in [-0.4, -0.2) is 26.2 Å². The second-order valence-corrected chi connectivity index (χ2v) is 6.38. The van der Waals surface area contributed by atoms with Crippen molar-refractivity contribution in [3.05, 3.63) is 52.5 Å². The number of nitrogens with two attached hydrogens (primary N) is 1. The van der Waals surface area contributed by atoms with Crippen LogP contribution in [0.3, 0.4) is 0 Å². The molecule has 0 aromatic heterocycles. The fraction of sp³-hybridized carbons (Fsp3) is 0.294. The Morgan fingerprint density at radius 3 is 2.33 bits per heavy atom. The van der Waals surface area contributed by atoms with E-state index in [1.165, 1.54) is 16.9 Å². The van der Waals surface area contributed by atoms with E-state index >= 15 is 0 Å². The van der Waals surface area contributed by atoms with Crippen molar-refractivity contribution < 1.29 is 0 Å². The average Bonchev–Trinajstić information content (AvgIpc) is 2.47. The van der Waals surface area contributed by atoms with Gasteiger partial charge in [0, 0.05) is 42.0 Å². The lowest BCUT2D eigenvalue weighted by Crippen LogP contribution is -2.46. The molecule has 3 rings (SSSR count). The van der Waals surface area contributed by atoms with Gasteiger partial charge in [-0.1, -0.05) is 12.1 Å². The predicted molar refractivity (Wildman–Crippen MR) is 94.2 cm³/mol. The Bertz CT molecular complexity index is 634. The SMILES string of the molecule is Cc1cccc(N2CCN(c3ccc(N)cc3Br)CC2)c1. The molecule has 21 heavy (non-hydrogen) atoms. The second kappa shape index (κ2) is 5.98. The molecule has 3 nitrogen and oxygen atoms in total. The number of aryl methyl sites for hydroxylation is 1. The molecular weight excluding hydrogens is 326 g/mol. The maximum absolute atomic E-state index is 5.81. The van der Waals surface area contributed by atoms with Gasteiger partial charge in [-0.2, -0.15) is 0 Å². The molecule has 1 aliphatic rings. The van der Waals surface area contributed by atoms with Gasteiger partial charge in [0.15, 0.2) is 0 Å². The number of nitrogen functional groups attached to an aromatic ring is 1. The number of hydrogen-bond donors (Lipinski definition) is 1. The summed E-state index contributed by atoms with van der Waals surface area (Å²) in [5, 5.41) is 0. The fourth-order valence-corrected chi connectivity index (χ4v) is 3.46. The minimum Gasteiger partial charge on any atom is -0.399 e. The van der Waals surface area contributed by atoms with Crippen molar-refractivity contribution in [1.29, 1.82) is 0 Å². The highest BCUT2D eigenvalue weighted by Crippen LogP contribution is 2.29. The van der Waals surface area contributed by atoms with Crippen LogP contribution in [0.25, 0.3) is 0 Å². The highest BCUT2D eigenvalue weighted by molar-refractivity contribution is 9.10. The molecule has 110 valence electrons. The van der Waals surface area contributed by atoms with Crippen molar-refractivity contribution in [2.24, 2.45) is 0 Å². The van der Waals surface area contributed by atoms with Crippen LogP contribution in [0.2, 0.25) is 0 Å². The normalized spacial score (nSPS) is 15.3. The Labute approximate surface area is 134 Å². The number of benzene rings is 2. The molecule has 0 saturated carbocycles. The lowest BCUT2D eigenvalue weighted by Gasteiger charge is -2.38. The van der Waals surface area contributed by atoms with E-state index in [4.69, 9.17) is 5.73 Å². The summed E-state index contributed by atoms with van der Waals surface area (Å²) < 4.78 is 1.08. The van der Waals surface area contributed by atoms with Gasteiger partial charge in [-0.25, -0.2) is 0 Å². The Morgan fingerprint density at radius 2 is 1.67 bits per heavy atom. The molecule has 0 unspecified atom stereocenters. The van der Waals surface area contributed by atoms with Gasteiger partial charge >= 0.3 is 0 Å². The topological polar surface area (TPSA) is 32.5 Å². The van der Waals surface area contributed by atoms with Crippen LogP contribution in [0.5, 0.6) is 0 Å². The minimum absolute atomic E-state index is 0.795. The van der Waals surface area contributed by atoms with Gasteiger partial charge in [0.2, 0.25) is 0 Å². The second-order valence-electron chi connectivity index (χ2n) is 5.52. The number of hydrogen-bond acceptors (Lipinski definition) is 3. The van der Waals surface area contributed by atoms with E-state index in [2.05, 4.69) is 63.0 Å². The summed E-state index contributed by atoms with van der Waals surface area (Å²) in [6.45, 7) is 6.28. The largest absolute Gasteiger partial charge is 0.399 e. The van der Waals surface area contributed by atoms with E-state index in [1.54, 1.807) is 0 Å². The van der Waals surface area contributed by atoms with Crippen molar-refractivity contribution in [2.45, 2.75) is 6.92 Å². The van der Waals surface area contributed by atoms with Gasteiger partial charge in [-0.15, -0.1) is 0 Å². The van der Waals surface area contributed by atoms with Crippen LogP contribution in [0.4, 0.5) is 17.1 Å². The molecule has 0 atom stereocenters. The number of anilines is 3. The monoisotopic (exact) mass is 345 g/mol. The summed E-state index contributed by atoms with van der Waals surface area (Å²) in [6.07, 6.45) is 0. The van der Waals surface area contributed by atoms with Crippen molar-refractivity contribution in [3.63, 3.8) is 0 Å². The summed E-state index contributed by atoms with van der Waals surface area (Å²) >= 11 is 3.62. The summed E-state index contributed by atoms with van der Waals surface area (Å²) in [5.41, 5.74) is 10.5. The van der Waals surface area contributed by atoms with Crippen LogP contribution in [-0.2, 0) is 0 Å². The van der Waals surface area contributed by atoms with Crippen molar-refractivity contribution in [1.82, 2.24) is 0 Å². The molecule has 1 saturated heterocycles. The molecule has 4 heteroatoms. The maximum Gasteiger partial charge on any atom is 0.0513 e. The highest BCUT2D eigenvalue weighted by atomic mass is 79.9. The molecule has 0 aliphatic carbocycles. The molecule has 1 heterocycles. The standard InChI is InChI=1S/C17H20BrN3/c1-13-3-2-4-15(11-13)20-7-9-21(10-8-20)17-6-5-14(19)12-16(17)18/h2-6,11-12H,7-10,19H2,1H3. The molecule has 2 N–H and O–H groups in total. The molecule has 0 radical (unpaired) electrons. The smallest absolute Gasteiger partial charge is 0.0513 e. The lowest BCUT2D eigenvalue weighted by atomic mass is 10.2. The van der Waals surface area contributed by atoms with Gasteiger partial charge in [-0.05, 0) is 58.7 Å². The number of halogens is 1. The van der Waals surface area contributed by atoms with Gasteiger partial charge in [0.1, 0.15) is 0 Å². The Morgan fingerprint density at radius 1 is 0.952 bits per heavy atom. The number of nitrogens with zero attached hydrogens (tertiary/aromatic N) is 2. The first-order chi connectivity index (χ1) is 10.1. The molecule has 2 aromatic rings. The summed E-state index contributed by atoms with van der Waals surface area (Å²) in [6, 6.07) is 14.8. The molecule has 0 bridgehead atoms. The first kappa shape index (κ1) is 14.3. The third-order valence-corrected chi connectivity index (χ3v) is 4.59. The maximum atomic E-state index is 5.81. The molecule has 0 spiro atoms. The molecular formula is C17H20BrN3. The first-order valence-electron chi connectivity index (χ1n) is 7.25. The fourth-order valence-electron chi connectivity index (χ4n) is 2.81. The Hall–Kier alpha value is -1.68. The van der Waals surface area contributed by atoms with Crippen LogP contribution >= 0.6 is 15.9 Å². The quantitative estimate of drug-likeness (QED) is 0.843. The molecule has 1 aliphatic heterocycles. The van der Waals surface area contributed by atoms with E-state index in [0.29, 0.717) is 0 Å². The average molecular weight is 346 g/mol. The van der Waals surface area contributed by atoms with Gasteiger partial charge in [0.05, 0.1) is 5.69 Å². The molecule has 0 amide bonds. The van der Waals surface area contributed by atoms with Crippen LogP contribution in [0.15, 0.2) is 46.9 Å². The highest BCUT2D eigenvalue weighted by Gasteiger charge is 2.19. The Kier molecular flexibility index (Phi) is 4.06. The minimum atomic E-state index is 0.795. The molecule has 2 aromatic carbocycles. The third-order valence-electron chi connectivity index (χ3n) is 3.96. The van der Waals surface area contributed by atoms with E-state index in [1.807, 2.05) is 12.1 Å². The van der Waals surface area contributed by atoms with Crippen molar-refractivity contribution in [2.75, 3.05) is 41.7 Å². The van der Waals surface area contributed by atoms with E-state index in [0.717, 1.165) is 36.3 Å². The third kappa shape index (κ3) is 3.16. The first-order valence-corrected chi connectivity index (χ1v) is 8.04. The summed E-state index contributed by atoms with van der Waals surface area (Å²) in [5.74, 6) is 0. The zero-order chi connectivity index (χ0) is 14.8. The van der Waals surface area contributed by atoms with E-state index in [-0.39, 0.29) is 0 Å². The van der Waals surface area contributed by atoms with Crippen LogP contribution in [0, 0.1) is 6.92 Å².